The molecule has 0 aliphatic carbocycles. The van der Waals surface area contributed by atoms with Crippen LogP contribution < -0.4 is 5.56 Å². The summed E-state index contributed by atoms with van der Waals surface area (Å²) < 4.78 is 12.3. The number of hydrogen-bond acceptors (Lipinski definition) is 1. The molecule has 10 heavy (non-hydrogen) atoms. The topological polar surface area (TPSA) is 32.9 Å². The van der Waals surface area contributed by atoms with E-state index in [-0.39, 0.29) is 5.56 Å². The number of hydrogen-bond donors (Lipinski definition) is 1. The van der Waals surface area contributed by atoms with Crippen molar-refractivity contribution in [3.8, 4) is 12.3 Å². The maximum atomic E-state index is 12.3. The maximum absolute atomic E-state index is 12.3. The molecule has 3 heteroatoms. The summed E-state index contributed by atoms with van der Waals surface area (Å²) in [6, 6.07) is 2.24. The van der Waals surface area contributed by atoms with Crippen LogP contribution in [0.25, 0.3) is 0 Å². The molecule has 50 valence electrons. The van der Waals surface area contributed by atoms with Crippen LogP contribution >= 0.6 is 0 Å². The van der Waals surface area contributed by atoms with Crippen LogP contribution in [0.1, 0.15) is 5.56 Å². The van der Waals surface area contributed by atoms with E-state index < -0.39 is 11.5 Å². The molecule has 0 aliphatic heterocycles. The molecule has 1 aromatic heterocycles. The molecule has 0 aromatic carbocycles. The predicted octanol–water partition coefficient (Wildman–Crippen LogP) is 0.495. The lowest BCUT2D eigenvalue weighted by Gasteiger charge is -1.87. The summed E-state index contributed by atoms with van der Waals surface area (Å²) in [5.74, 6) is 1.44. The largest absolute Gasteiger partial charge is 0.299 e. The average molecular weight is 137 g/mol. The highest BCUT2D eigenvalue weighted by Crippen LogP contribution is 1.92. The Hall–Kier alpha value is -1.56. The summed E-state index contributed by atoms with van der Waals surface area (Å²) in [5.41, 5.74) is -0.269. The third-order valence-corrected chi connectivity index (χ3v) is 0.978. The lowest BCUT2D eigenvalue weighted by molar-refractivity contribution is 0.579. The van der Waals surface area contributed by atoms with Crippen molar-refractivity contribution >= 4 is 0 Å². The molecule has 0 amide bonds. The minimum atomic E-state index is -0.708. The number of aromatic amines is 1. The van der Waals surface area contributed by atoms with Gasteiger partial charge in [0, 0.05) is 17.7 Å². The van der Waals surface area contributed by atoms with Gasteiger partial charge in [0.1, 0.15) is 0 Å². The number of terminal acetylenes is 1. The summed E-state index contributed by atoms with van der Waals surface area (Å²) in [7, 11) is 0. The van der Waals surface area contributed by atoms with Crippen LogP contribution in [0.4, 0.5) is 4.39 Å². The van der Waals surface area contributed by atoms with Gasteiger partial charge in [0.25, 0.3) is 5.56 Å². The molecular weight excluding hydrogens is 133 g/mol. The summed E-state index contributed by atoms with van der Waals surface area (Å²) in [6.07, 6.45) is 4.92. The van der Waals surface area contributed by atoms with Gasteiger partial charge in [-0.3, -0.25) is 9.78 Å². The molecule has 0 fully saturated rings. The Morgan fingerprint density at radius 2 is 2.30 bits per heavy atom. The number of H-pyrrole nitrogens is 1. The second-order valence-electron chi connectivity index (χ2n) is 1.73. The Bertz CT molecular complexity index is 334. The van der Waals surface area contributed by atoms with E-state index in [1.807, 2.05) is 4.98 Å². The average Bonchev–Trinajstić information content (AvgIpc) is 1.85. The van der Waals surface area contributed by atoms with Crippen molar-refractivity contribution in [1.29, 1.82) is 0 Å². The van der Waals surface area contributed by atoms with Crippen molar-refractivity contribution < 1.29 is 4.39 Å². The Balaban J connectivity index is 3.36. The molecule has 0 unspecified atom stereocenters. The minimum Gasteiger partial charge on any atom is -0.299 e. The van der Waals surface area contributed by atoms with Crippen LogP contribution in [0.15, 0.2) is 16.9 Å². The van der Waals surface area contributed by atoms with E-state index in [1.54, 1.807) is 0 Å². The first-order valence-corrected chi connectivity index (χ1v) is 2.59. The van der Waals surface area contributed by atoms with Crippen molar-refractivity contribution in [2.45, 2.75) is 0 Å². The van der Waals surface area contributed by atoms with Gasteiger partial charge < -0.3 is 0 Å². The van der Waals surface area contributed by atoms with E-state index >= 15 is 0 Å². The quantitative estimate of drug-likeness (QED) is 0.409. The normalized spacial score (nSPS) is 8.80. The lowest BCUT2D eigenvalue weighted by atomic mass is 10.3. The molecule has 0 aliphatic rings. The van der Waals surface area contributed by atoms with Gasteiger partial charge in [0.15, 0.2) is 5.95 Å². The van der Waals surface area contributed by atoms with Crippen molar-refractivity contribution in [1.82, 2.24) is 4.98 Å². The minimum absolute atomic E-state index is 0.251. The molecule has 0 saturated heterocycles. The standard InChI is InChI=1S/C7H4FNO/c1-2-5-3-6(8)9-7(10)4-5/h1,3-4H,(H,9,10). The maximum Gasteiger partial charge on any atom is 0.251 e. The van der Waals surface area contributed by atoms with E-state index in [1.165, 1.54) is 0 Å². The second kappa shape index (κ2) is 2.36. The molecule has 1 heterocycles. The summed E-state index contributed by atoms with van der Waals surface area (Å²) in [4.78, 5) is 12.4. The first kappa shape index (κ1) is 6.56. The van der Waals surface area contributed by atoms with Crippen molar-refractivity contribution in [2.24, 2.45) is 0 Å². The third-order valence-electron chi connectivity index (χ3n) is 0.978. The zero-order valence-corrected chi connectivity index (χ0v) is 5.02. The van der Waals surface area contributed by atoms with Crippen molar-refractivity contribution in [3.63, 3.8) is 0 Å². The van der Waals surface area contributed by atoms with Gasteiger partial charge in [0.05, 0.1) is 0 Å². The Morgan fingerprint density at radius 1 is 1.60 bits per heavy atom. The van der Waals surface area contributed by atoms with Crippen LogP contribution in [0.3, 0.4) is 0 Å². The van der Waals surface area contributed by atoms with Crippen LogP contribution in [0, 0.1) is 18.3 Å². The lowest BCUT2D eigenvalue weighted by Crippen LogP contribution is -2.06. The smallest absolute Gasteiger partial charge is 0.251 e. The highest BCUT2D eigenvalue weighted by Gasteiger charge is 1.92. The van der Waals surface area contributed by atoms with Gasteiger partial charge in [-0.1, -0.05) is 5.92 Å². The van der Waals surface area contributed by atoms with E-state index in [2.05, 4.69) is 5.92 Å². The second-order valence-corrected chi connectivity index (χ2v) is 1.73. The zero-order valence-electron chi connectivity index (χ0n) is 5.02. The SMILES string of the molecule is C#Cc1cc(F)[nH]c(=O)c1. The summed E-state index contributed by atoms with van der Waals surface area (Å²) >= 11 is 0. The Labute approximate surface area is 56.7 Å². The van der Waals surface area contributed by atoms with Gasteiger partial charge in [-0.05, 0) is 0 Å². The Kier molecular flexibility index (Phi) is 1.55. The number of pyridine rings is 1. The molecule has 0 bridgehead atoms. The van der Waals surface area contributed by atoms with Crippen LogP contribution in [-0.2, 0) is 0 Å². The zero-order chi connectivity index (χ0) is 7.56. The molecule has 0 radical (unpaired) electrons. The number of halogens is 1. The monoisotopic (exact) mass is 137 g/mol. The molecule has 1 rings (SSSR count). The Morgan fingerprint density at radius 3 is 2.80 bits per heavy atom. The number of rotatable bonds is 0. The van der Waals surface area contributed by atoms with E-state index in [0.717, 1.165) is 12.1 Å². The first-order chi connectivity index (χ1) is 4.72. The van der Waals surface area contributed by atoms with Crippen molar-refractivity contribution in [3.05, 3.63) is 34.0 Å². The molecule has 1 aromatic rings. The number of nitrogens with one attached hydrogen (secondary N) is 1. The summed E-state index contributed by atoms with van der Waals surface area (Å²) in [6.45, 7) is 0. The first-order valence-electron chi connectivity index (χ1n) is 2.59. The molecule has 0 saturated carbocycles. The fourth-order valence-electron chi connectivity index (χ4n) is 0.593. The van der Waals surface area contributed by atoms with Gasteiger partial charge >= 0.3 is 0 Å². The van der Waals surface area contributed by atoms with Crippen LogP contribution in [-0.4, -0.2) is 4.98 Å². The molecule has 0 spiro atoms. The van der Waals surface area contributed by atoms with Crippen molar-refractivity contribution in [2.75, 3.05) is 0 Å². The van der Waals surface area contributed by atoms with E-state index in [0.29, 0.717) is 0 Å². The van der Waals surface area contributed by atoms with Gasteiger partial charge in [-0.15, -0.1) is 6.42 Å². The van der Waals surface area contributed by atoms with Gasteiger partial charge in [0.2, 0.25) is 0 Å². The fourth-order valence-corrected chi connectivity index (χ4v) is 0.593. The van der Waals surface area contributed by atoms with Gasteiger partial charge in [-0.2, -0.15) is 4.39 Å². The van der Waals surface area contributed by atoms with Gasteiger partial charge in [-0.25, -0.2) is 0 Å². The predicted molar refractivity (Wildman–Crippen MR) is 35.0 cm³/mol. The third kappa shape index (κ3) is 1.23. The molecule has 0 atom stereocenters. The highest BCUT2D eigenvalue weighted by molar-refractivity contribution is 5.29. The van der Waals surface area contributed by atoms with E-state index in [9.17, 15) is 9.18 Å². The number of aromatic nitrogens is 1. The fraction of sp³-hybridized carbons (Fsp3) is 0. The van der Waals surface area contributed by atoms with Crippen LogP contribution in [0.5, 0.6) is 0 Å². The van der Waals surface area contributed by atoms with Crippen LogP contribution in [0.2, 0.25) is 0 Å². The molecule has 1 N–H and O–H groups in total. The molecule has 2 nitrogen and oxygen atoms in total. The summed E-state index contributed by atoms with van der Waals surface area (Å²) in [5, 5.41) is 0. The highest BCUT2D eigenvalue weighted by atomic mass is 19.1. The molecular formula is C7H4FNO. The van der Waals surface area contributed by atoms with E-state index in [4.69, 9.17) is 6.42 Å².